The number of aliphatic hydroxyl groups is 1. The molecule has 3 aromatic rings. The summed E-state index contributed by atoms with van der Waals surface area (Å²) in [5.41, 5.74) is 4.89. The van der Waals surface area contributed by atoms with Crippen LogP contribution in [0.4, 0.5) is 9.18 Å². The van der Waals surface area contributed by atoms with Crippen LogP contribution in [0.3, 0.4) is 0 Å². The number of carbonyl (C=O) groups is 1. The predicted octanol–water partition coefficient (Wildman–Crippen LogP) is 6.07. The first-order valence-corrected chi connectivity index (χ1v) is 12.6. The van der Waals surface area contributed by atoms with Gasteiger partial charge in [0.2, 0.25) is 0 Å². The summed E-state index contributed by atoms with van der Waals surface area (Å²) in [6.07, 6.45) is 3.78. The van der Waals surface area contributed by atoms with Gasteiger partial charge in [-0.3, -0.25) is 0 Å². The van der Waals surface area contributed by atoms with Crippen molar-refractivity contribution in [2.75, 3.05) is 6.61 Å². The summed E-state index contributed by atoms with van der Waals surface area (Å²) in [6, 6.07) is 23.2. The van der Waals surface area contributed by atoms with Gasteiger partial charge in [-0.05, 0) is 78.5 Å². The molecule has 1 aliphatic carbocycles. The number of hydrogen-bond donors (Lipinski definition) is 1. The lowest BCUT2D eigenvalue weighted by molar-refractivity contribution is -0.0533. The number of fused-ring (bicyclic) bond motifs is 5. The Morgan fingerprint density at radius 1 is 0.943 bits per heavy atom. The van der Waals surface area contributed by atoms with Crippen molar-refractivity contribution < 1.29 is 19.0 Å². The molecule has 2 heterocycles. The van der Waals surface area contributed by atoms with Crippen LogP contribution in [0.2, 0.25) is 0 Å². The van der Waals surface area contributed by atoms with Gasteiger partial charge in [0.25, 0.3) is 0 Å². The second kappa shape index (κ2) is 8.80. The van der Waals surface area contributed by atoms with Gasteiger partial charge in [-0.2, -0.15) is 0 Å². The molecule has 0 radical (unpaired) electrons. The van der Waals surface area contributed by atoms with Crippen molar-refractivity contribution in [1.29, 1.82) is 0 Å². The minimum Gasteiger partial charge on any atom is -0.448 e. The van der Waals surface area contributed by atoms with Gasteiger partial charge in [-0.15, -0.1) is 0 Å². The molecule has 2 unspecified atom stereocenters. The Balaban J connectivity index is 1.11. The molecule has 2 fully saturated rings. The van der Waals surface area contributed by atoms with Crippen LogP contribution >= 0.6 is 0 Å². The zero-order valence-corrected chi connectivity index (χ0v) is 19.7. The summed E-state index contributed by atoms with van der Waals surface area (Å²) in [5, 5.41) is 11.3. The van der Waals surface area contributed by atoms with Crippen LogP contribution in [0.25, 0.3) is 11.1 Å². The topological polar surface area (TPSA) is 49.8 Å². The highest BCUT2D eigenvalue weighted by atomic mass is 19.1. The lowest BCUT2D eigenvalue weighted by Gasteiger charge is -2.43. The Kier molecular flexibility index (Phi) is 5.60. The minimum absolute atomic E-state index is 0.0121. The van der Waals surface area contributed by atoms with Gasteiger partial charge in [0, 0.05) is 18.0 Å². The van der Waals surface area contributed by atoms with Crippen molar-refractivity contribution in [2.24, 2.45) is 0 Å². The smallest absolute Gasteiger partial charge is 0.410 e. The lowest BCUT2D eigenvalue weighted by Crippen LogP contribution is -2.53. The van der Waals surface area contributed by atoms with E-state index in [0.717, 1.165) is 18.4 Å². The van der Waals surface area contributed by atoms with E-state index in [0.29, 0.717) is 32.3 Å². The third kappa shape index (κ3) is 4.12. The monoisotopic (exact) mass is 471 g/mol. The molecule has 2 bridgehead atoms. The molecule has 0 saturated carbocycles. The fourth-order valence-corrected chi connectivity index (χ4v) is 6.56. The number of rotatable bonds is 5. The molecular weight excluding hydrogens is 441 g/mol. The zero-order valence-electron chi connectivity index (χ0n) is 19.7. The van der Waals surface area contributed by atoms with Crippen molar-refractivity contribution in [3.63, 3.8) is 0 Å². The summed E-state index contributed by atoms with van der Waals surface area (Å²) in [4.78, 5) is 15.1. The Morgan fingerprint density at radius 2 is 1.57 bits per heavy atom. The summed E-state index contributed by atoms with van der Waals surface area (Å²) in [6.45, 7) is 0.312. The van der Waals surface area contributed by atoms with Crippen molar-refractivity contribution in [1.82, 2.24) is 4.90 Å². The van der Waals surface area contributed by atoms with Gasteiger partial charge in [-0.25, -0.2) is 9.18 Å². The second-order valence-electron chi connectivity index (χ2n) is 10.4. The van der Waals surface area contributed by atoms with E-state index in [4.69, 9.17) is 4.74 Å². The fraction of sp³-hybridized carbons (Fsp3) is 0.367. The first kappa shape index (κ1) is 22.3. The van der Waals surface area contributed by atoms with Crippen LogP contribution in [0, 0.1) is 5.82 Å². The largest absolute Gasteiger partial charge is 0.448 e. The SMILES string of the molecule is O=C(OCC1c2ccccc2-c2ccccc21)N1C2CCC1CC(O)(CCc1cccc(F)c1)C2. The Labute approximate surface area is 205 Å². The van der Waals surface area contributed by atoms with Gasteiger partial charge >= 0.3 is 6.09 Å². The average molecular weight is 472 g/mol. The Bertz CT molecular complexity index is 1200. The molecule has 2 aliphatic heterocycles. The standard InChI is InChI=1S/C30H30FNO3/c31-21-7-5-6-20(16-21)14-15-30(34)17-22-12-13-23(18-30)32(22)29(33)35-19-28-26-10-3-1-8-24(26)25-9-2-4-11-27(25)28/h1-11,16,22-23,28,34H,12-15,17-19H2. The first-order chi connectivity index (χ1) is 17.0. The maximum absolute atomic E-state index is 13.5. The molecule has 0 aromatic heterocycles. The molecule has 2 saturated heterocycles. The number of amides is 1. The van der Waals surface area contributed by atoms with Crippen LogP contribution < -0.4 is 0 Å². The zero-order chi connectivity index (χ0) is 24.0. The number of carbonyl (C=O) groups excluding carboxylic acids is 1. The maximum atomic E-state index is 13.5. The average Bonchev–Trinajstić information content (AvgIpc) is 3.34. The van der Waals surface area contributed by atoms with Crippen LogP contribution in [0.5, 0.6) is 0 Å². The lowest BCUT2D eigenvalue weighted by atomic mass is 9.82. The third-order valence-electron chi connectivity index (χ3n) is 8.17. The molecule has 1 N–H and O–H groups in total. The van der Waals surface area contributed by atoms with Crippen molar-refractivity contribution >= 4 is 6.09 Å². The molecule has 1 amide bonds. The number of piperidine rings is 1. The van der Waals surface area contributed by atoms with Crippen molar-refractivity contribution in [3.8, 4) is 11.1 Å². The first-order valence-electron chi connectivity index (χ1n) is 12.6. The van der Waals surface area contributed by atoms with Gasteiger partial charge in [0.05, 0.1) is 5.60 Å². The van der Waals surface area contributed by atoms with E-state index in [1.54, 1.807) is 6.07 Å². The molecule has 2 atom stereocenters. The Hall–Kier alpha value is -3.18. The van der Waals surface area contributed by atoms with E-state index in [1.165, 1.54) is 34.4 Å². The van der Waals surface area contributed by atoms with Crippen LogP contribution in [0.1, 0.15) is 54.7 Å². The van der Waals surface area contributed by atoms with E-state index in [2.05, 4.69) is 24.3 Å². The number of aryl methyl sites for hydroxylation is 1. The van der Waals surface area contributed by atoms with Gasteiger partial charge in [-0.1, -0.05) is 60.7 Å². The molecule has 180 valence electrons. The summed E-state index contributed by atoms with van der Waals surface area (Å²) in [5.74, 6) is -0.211. The van der Waals surface area contributed by atoms with E-state index >= 15 is 0 Å². The molecule has 35 heavy (non-hydrogen) atoms. The van der Waals surface area contributed by atoms with Crippen LogP contribution in [0.15, 0.2) is 72.8 Å². The van der Waals surface area contributed by atoms with Crippen LogP contribution in [-0.2, 0) is 11.2 Å². The fourth-order valence-electron chi connectivity index (χ4n) is 6.56. The third-order valence-corrected chi connectivity index (χ3v) is 8.17. The van der Waals surface area contributed by atoms with E-state index in [-0.39, 0.29) is 29.9 Å². The molecule has 3 aliphatic rings. The number of nitrogens with zero attached hydrogens (tertiary/aromatic N) is 1. The maximum Gasteiger partial charge on any atom is 0.410 e. The van der Waals surface area contributed by atoms with E-state index in [1.807, 2.05) is 35.2 Å². The van der Waals surface area contributed by atoms with Gasteiger partial charge in [0.1, 0.15) is 12.4 Å². The number of halogens is 1. The van der Waals surface area contributed by atoms with Crippen LogP contribution in [-0.4, -0.2) is 40.4 Å². The van der Waals surface area contributed by atoms with Gasteiger partial charge in [0.15, 0.2) is 0 Å². The highest BCUT2D eigenvalue weighted by molar-refractivity contribution is 5.79. The molecule has 6 rings (SSSR count). The number of hydrogen-bond acceptors (Lipinski definition) is 3. The van der Waals surface area contributed by atoms with E-state index in [9.17, 15) is 14.3 Å². The van der Waals surface area contributed by atoms with Crippen molar-refractivity contribution in [2.45, 2.75) is 62.1 Å². The summed E-state index contributed by atoms with van der Waals surface area (Å²) >= 11 is 0. The summed E-state index contributed by atoms with van der Waals surface area (Å²) in [7, 11) is 0. The molecule has 5 heteroatoms. The van der Waals surface area contributed by atoms with E-state index < -0.39 is 5.60 Å². The normalized spacial score (nSPS) is 24.8. The minimum atomic E-state index is -0.835. The molecular formula is C30H30FNO3. The van der Waals surface area contributed by atoms with Crippen molar-refractivity contribution in [3.05, 3.63) is 95.3 Å². The predicted molar refractivity (Wildman–Crippen MR) is 133 cm³/mol. The number of ether oxygens (including phenoxy) is 1. The Morgan fingerprint density at radius 3 is 2.20 bits per heavy atom. The van der Waals surface area contributed by atoms with Gasteiger partial charge < -0.3 is 14.7 Å². The second-order valence-corrected chi connectivity index (χ2v) is 10.4. The highest BCUT2D eigenvalue weighted by Crippen LogP contribution is 2.46. The quantitative estimate of drug-likeness (QED) is 0.492. The molecule has 3 aromatic carbocycles. The highest BCUT2D eigenvalue weighted by Gasteiger charge is 2.49. The summed E-state index contributed by atoms with van der Waals surface area (Å²) < 4.78 is 19.5. The molecule has 0 spiro atoms. The number of benzene rings is 3. The molecule has 4 nitrogen and oxygen atoms in total.